The first-order chi connectivity index (χ1) is 16.3. The Morgan fingerprint density at radius 3 is 2.53 bits per heavy atom. The number of aryl methyl sites for hydroxylation is 1. The topological polar surface area (TPSA) is 83.0 Å². The SMILES string of the molecule is CCN(CC)CCCN1C(=O)C(=O)/C(=C(\O)c2ccc(OC(C)C)c(C)c2)C1c1cccnc1. The van der Waals surface area contributed by atoms with E-state index in [1.165, 1.54) is 0 Å². The maximum atomic E-state index is 13.2. The van der Waals surface area contributed by atoms with Gasteiger partial charge in [0.25, 0.3) is 11.7 Å². The van der Waals surface area contributed by atoms with E-state index in [4.69, 9.17) is 4.74 Å². The maximum absolute atomic E-state index is 13.2. The van der Waals surface area contributed by atoms with Gasteiger partial charge < -0.3 is 19.6 Å². The summed E-state index contributed by atoms with van der Waals surface area (Å²) in [6.45, 7) is 13.1. The van der Waals surface area contributed by atoms with E-state index in [0.29, 0.717) is 23.4 Å². The Balaban J connectivity index is 2.00. The van der Waals surface area contributed by atoms with Gasteiger partial charge >= 0.3 is 0 Å². The molecular weight excluding hydrogens is 430 g/mol. The van der Waals surface area contributed by atoms with Gasteiger partial charge in [-0.1, -0.05) is 19.9 Å². The largest absolute Gasteiger partial charge is 0.507 e. The molecule has 2 aromatic rings. The molecule has 3 rings (SSSR count). The highest BCUT2D eigenvalue weighted by atomic mass is 16.5. The molecule has 0 saturated carbocycles. The molecule has 182 valence electrons. The van der Waals surface area contributed by atoms with Crippen LogP contribution in [0.5, 0.6) is 5.75 Å². The number of Topliss-reactive ketones (excluding diaryl/α,β-unsaturated/α-hetero) is 1. The highest BCUT2D eigenvalue weighted by molar-refractivity contribution is 6.46. The average Bonchev–Trinajstić information content (AvgIpc) is 3.08. The number of aliphatic hydroxyl groups is 1. The van der Waals surface area contributed by atoms with Crippen molar-refractivity contribution in [1.29, 1.82) is 0 Å². The summed E-state index contributed by atoms with van der Waals surface area (Å²) in [5.74, 6) is -0.731. The minimum atomic E-state index is -0.683. The van der Waals surface area contributed by atoms with Crippen molar-refractivity contribution in [2.45, 2.75) is 53.2 Å². The monoisotopic (exact) mass is 465 g/mol. The Morgan fingerprint density at radius 2 is 1.94 bits per heavy atom. The summed E-state index contributed by atoms with van der Waals surface area (Å²) in [4.78, 5) is 34.3. The molecule has 1 saturated heterocycles. The number of aromatic nitrogens is 1. The predicted molar refractivity (Wildman–Crippen MR) is 133 cm³/mol. The summed E-state index contributed by atoms with van der Waals surface area (Å²) in [5, 5.41) is 11.3. The molecule has 1 aromatic heterocycles. The van der Waals surface area contributed by atoms with Gasteiger partial charge in [-0.3, -0.25) is 14.6 Å². The van der Waals surface area contributed by atoms with Crippen LogP contribution in [-0.2, 0) is 9.59 Å². The quantitative estimate of drug-likeness (QED) is 0.319. The zero-order valence-electron chi connectivity index (χ0n) is 20.7. The minimum Gasteiger partial charge on any atom is -0.507 e. The van der Waals surface area contributed by atoms with Gasteiger partial charge in [0.1, 0.15) is 11.5 Å². The number of aliphatic hydroxyl groups excluding tert-OH is 1. The fourth-order valence-corrected chi connectivity index (χ4v) is 4.34. The standard InChI is InChI=1S/C27H35N3O4/c1-6-29(7-2)14-9-15-30-24(21-10-8-13-28-17-21)23(26(32)27(30)33)25(31)20-11-12-22(19(5)16-20)34-18(3)4/h8,10-13,16-18,24,31H,6-7,9,14-15H2,1-5H3/b25-23-. The lowest BCUT2D eigenvalue weighted by Crippen LogP contribution is -2.33. The number of rotatable bonds is 10. The van der Waals surface area contributed by atoms with Crippen LogP contribution >= 0.6 is 0 Å². The Hall–Kier alpha value is -3.19. The van der Waals surface area contributed by atoms with Gasteiger partial charge in [0, 0.05) is 24.5 Å². The van der Waals surface area contributed by atoms with Crippen molar-refractivity contribution in [2.75, 3.05) is 26.2 Å². The van der Waals surface area contributed by atoms with Crippen LogP contribution in [0.4, 0.5) is 0 Å². The number of pyridine rings is 1. The molecule has 0 aliphatic carbocycles. The highest BCUT2D eigenvalue weighted by Gasteiger charge is 2.45. The Bertz CT molecular complexity index is 1050. The third-order valence-corrected chi connectivity index (χ3v) is 6.12. The van der Waals surface area contributed by atoms with Crippen LogP contribution in [0.2, 0.25) is 0 Å². The minimum absolute atomic E-state index is 0.0189. The number of hydrogen-bond acceptors (Lipinski definition) is 6. The molecule has 1 fully saturated rings. The predicted octanol–water partition coefficient (Wildman–Crippen LogP) is 4.33. The average molecular weight is 466 g/mol. The zero-order chi connectivity index (χ0) is 24.8. The molecular formula is C27H35N3O4. The van der Waals surface area contributed by atoms with E-state index >= 15 is 0 Å². The molecule has 1 atom stereocenters. The van der Waals surface area contributed by atoms with Gasteiger partial charge in [0.2, 0.25) is 0 Å². The molecule has 2 heterocycles. The van der Waals surface area contributed by atoms with Crippen LogP contribution in [0.1, 0.15) is 56.8 Å². The molecule has 1 aliphatic heterocycles. The van der Waals surface area contributed by atoms with Crippen LogP contribution in [0, 0.1) is 6.92 Å². The van der Waals surface area contributed by atoms with E-state index in [-0.39, 0.29) is 17.4 Å². The summed E-state index contributed by atoms with van der Waals surface area (Å²) in [5.41, 5.74) is 2.10. The van der Waals surface area contributed by atoms with Gasteiger partial charge in [-0.2, -0.15) is 0 Å². The van der Waals surface area contributed by atoms with Crippen molar-refractivity contribution in [3.8, 4) is 5.75 Å². The van der Waals surface area contributed by atoms with Crippen molar-refractivity contribution >= 4 is 17.4 Å². The van der Waals surface area contributed by atoms with Crippen LogP contribution < -0.4 is 4.74 Å². The fourth-order valence-electron chi connectivity index (χ4n) is 4.34. The molecule has 34 heavy (non-hydrogen) atoms. The smallest absolute Gasteiger partial charge is 0.295 e. The summed E-state index contributed by atoms with van der Waals surface area (Å²) in [6.07, 6.45) is 4.04. The summed E-state index contributed by atoms with van der Waals surface area (Å²) in [6, 6.07) is 8.20. The van der Waals surface area contributed by atoms with E-state index in [2.05, 4.69) is 23.7 Å². The molecule has 7 nitrogen and oxygen atoms in total. The molecule has 1 unspecified atom stereocenters. The van der Waals surface area contributed by atoms with Gasteiger partial charge in [0.05, 0.1) is 17.7 Å². The first-order valence-corrected chi connectivity index (χ1v) is 12.0. The number of carbonyl (C=O) groups is 2. The van der Waals surface area contributed by atoms with Gasteiger partial charge in [-0.15, -0.1) is 0 Å². The molecule has 1 aromatic carbocycles. The molecule has 1 N–H and O–H groups in total. The van der Waals surface area contributed by atoms with E-state index in [1.54, 1.807) is 41.6 Å². The third kappa shape index (κ3) is 5.47. The van der Waals surface area contributed by atoms with Gasteiger partial charge in [-0.05, 0) is 82.2 Å². The van der Waals surface area contributed by atoms with Crippen molar-refractivity contribution in [1.82, 2.24) is 14.8 Å². The number of carbonyl (C=O) groups excluding carboxylic acids is 2. The van der Waals surface area contributed by atoms with E-state index in [0.717, 1.165) is 31.6 Å². The Morgan fingerprint density at radius 1 is 1.21 bits per heavy atom. The van der Waals surface area contributed by atoms with Crippen LogP contribution in [0.25, 0.3) is 5.76 Å². The molecule has 1 aliphatic rings. The second-order valence-electron chi connectivity index (χ2n) is 8.81. The number of ether oxygens (including phenoxy) is 1. The lowest BCUT2D eigenvalue weighted by Gasteiger charge is -2.26. The molecule has 0 bridgehead atoms. The molecule has 0 spiro atoms. The lowest BCUT2D eigenvalue weighted by atomic mass is 9.95. The number of nitrogens with zero attached hydrogens (tertiary/aromatic N) is 3. The second-order valence-corrected chi connectivity index (χ2v) is 8.81. The number of likely N-dealkylation sites (tertiary alicyclic amines) is 1. The third-order valence-electron chi connectivity index (χ3n) is 6.12. The van der Waals surface area contributed by atoms with E-state index < -0.39 is 17.7 Å². The van der Waals surface area contributed by atoms with Crippen LogP contribution in [0.3, 0.4) is 0 Å². The van der Waals surface area contributed by atoms with Crippen molar-refractivity contribution in [3.63, 3.8) is 0 Å². The van der Waals surface area contributed by atoms with Gasteiger partial charge in [0.15, 0.2) is 0 Å². The Labute approximate surface area is 202 Å². The summed E-state index contributed by atoms with van der Waals surface area (Å²) < 4.78 is 5.79. The number of amides is 1. The maximum Gasteiger partial charge on any atom is 0.295 e. The van der Waals surface area contributed by atoms with Crippen molar-refractivity contribution in [3.05, 3.63) is 65.0 Å². The zero-order valence-corrected chi connectivity index (χ0v) is 20.7. The lowest BCUT2D eigenvalue weighted by molar-refractivity contribution is -0.140. The molecule has 7 heteroatoms. The normalized spacial score (nSPS) is 17.7. The fraction of sp³-hybridized carbons (Fsp3) is 0.444. The van der Waals surface area contributed by atoms with E-state index in [9.17, 15) is 14.7 Å². The first kappa shape index (κ1) is 25.4. The second kappa shape index (κ2) is 11.3. The molecule has 0 radical (unpaired) electrons. The first-order valence-electron chi connectivity index (χ1n) is 12.0. The highest BCUT2D eigenvalue weighted by Crippen LogP contribution is 2.39. The van der Waals surface area contributed by atoms with Crippen LogP contribution in [-0.4, -0.2) is 63.9 Å². The van der Waals surface area contributed by atoms with Crippen molar-refractivity contribution < 1.29 is 19.4 Å². The van der Waals surface area contributed by atoms with Crippen LogP contribution in [0.15, 0.2) is 48.3 Å². The Kier molecular flexibility index (Phi) is 8.45. The van der Waals surface area contributed by atoms with E-state index in [1.807, 2.05) is 26.8 Å². The number of benzene rings is 1. The summed E-state index contributed by atoms with van der Waals surface area (Å²) in [7, 11) is 0. The van der Waals surface area contributed by atoms with Gasteiger partial charge in [-0.25, -0.2) is 0 Å². The number of ketones is 1. The molecule has 1 amide bonds. The number of hydrogen-bond donors (Lipinski definition) is 1. The summed E-state index contributed by atoms with van der Waals surface area (Å²) >= 11 is 0. The van der Waals surface area contributed by atoms with Crippen molar-refractivity contribution in [2.24, 2.45) is 0 Å².